The van der Waals surface area contributed by atoms with Gasteiger partial charge in [-0.2, -0.15) is 0 Å². The molecular formula is C26H32Cl2N2O6S. The first-order chi connectivity index (χ1) is 17.2. The van der Waals surface area contributed by atoms with Gasteiger partial charge in [0.2, 0.25) is 0 Å². The second-order valence-electron chi connectivity index (χ2n) is 9.98. The van der Waals surface area contributed by atoms with Gasteiger partial charge in [-0.25, -0.2) is 13.2 Å². The number of amides is 2. The molecule has 202 valence electrons. The van der Waals surface area contributed by atoms with Crippen molar-refractivity contribution < 1.29 is 27.9 Å². The maximum Gasteiger partial charge on any atom is 0.404 e. The monoisotopic (exact) mass is 570 g/mol. The van der Waals surface area contributed by atoms with Crippen LogP contribution in [0.4, 0.5) is 4.79 Å². The Balaban J connectivity index is 2.19. The van der Waals surface area contributed by atoms with E-state index in [1.807, 2.05) is 13.0 Å². The van der Waals surface area contributed by atoms with Gasteiger partial charge >= 0.3 is 6.09 Å². The highest BCUT2D eigenvalue weighted by molar-refractivity contribution is 7.92. The van der Waals surface area contributed by atoms with Gasteiger partial charge in [0.1, 0.15) is 6.10 Å². The van der Waals surface area contributed by atoms with Crippen molar-refractivity contribution in [2.24, 2.45) is 0 Å². The maximum atomic E-state index is 13.9. The third-order valence-corrected chi connectivity index (χ3v) is 9.64. The summed E-state index contributed by atoms with van der Waals surface area (Å²) in [7, 11) is -3.61. The number of halogens is 2. The average molecular weight is 572 g/mol. The Morgan fingerprint density at radius 1 is 1.11 bits per heavy atom. The summed E-state index contributed by atoms with van der Waals surface area (Å²) in [6.45, 7) is 6.41. The molecule has 3 rings (SSSR count). The first-order valence-electron chi connectivity index (χ1n) is 11.9. The van der Waals surface area contributed by atoms with Gasteiger partial charge in [-0.15, -0.1) is 0 Å². The van der Waals surface area contributed by atoms with Crippen molar-refractivity contribution in [1.82, 2.24) is 10.2 Å². The van der Waals surface area contributed by atoms with Gasteiger partial charge in [0.15, 0.2) is 15.9 Å². The van der Waals surface area contributed by atoms with E-state index >= 15 is 0 Å². The molecule has 1 heterocycles. The Labute approximate surface area is 227 Å². The van der Waals surface area contributed by atoms with E-state index in [2.05, 4.69) is 5.32 Å². The van der Waals surface area contributed by atoms with Crippen molar-refractivity contribution in [1.29, 1.82) is 0 Å². The molecule has 8 nitrogen and oxygen atoms in total. The number of carbonyl (C=O) groups excluding carboxylic acids is 1. The fourth-order valence-corrected chi connectivity index (χ4v) is 6.05. The number of sulfone groups is 1. The molecule has 2 aromatic carbocycles. The SMILES string of the molecule is CC[C@@H](CS(=O)(=O)C(C)(C)C)N1C(=O)[C@H](CNC(=O)O)O[C@H](c2cccc(Cl)c2)[C@H]1c1ccc(Cl)cc1. The van der Waals surface area contributed by atoms with Gasteiger partial charge in [-0.1, -0.05) is 54.4 Å². The minimum Gasteiger partial charge on any atom is -0.465 e. The van der Waals surface area contributed by atoms with Crippen LogP contribution < -0.4 is 5.32 Å². The lowest BCUT2D eigenvalue weighted by Crippen LogP contribution is -2.59. The van der Waals surface area contributed by atoms with Crippen molar-refractivity contribution >= 4 is 45.0 Å². The fourth-order valence-electron chi connectivity index (χ4n) is 4.32. The summed E-state index contributed by atoms with van der Waals surface area (Å²) in [6.07, 6.45) is -2.88. The maximum absolute atomic E-state index is 13.9. The standard InChI is InChI=1S/C26H32Cl2N2O6S/c1-5-20(15-37(34,35)26(2,3)4)30-22(16-9-11-18(27)12-10-16)23(17-7-6-8-19(28)13-17)36-21(24(30)31)14-29-25(32)33/h6-13,20-23,29H,5,14-15H2,1-4H3,(H,32,33)/t20-,21-,22+,23+/m0/s1. The lowest BCUT2D eigenvalue weighted by Gasteiger charge is -2.48. The molecular weight excluding hydrogens is 539 g/mol. The van der Waals surface area contributed by atoms with Gasteiger partial charge < -0.3 is 20.1 Å². The summed E-state index contributed by atoms with van der Waals surface area (Å²) in [5.41, 5.74) is 1.36. The third kappa shape index (κ3) is 6.76. The number of carboxylic acid groups (broad SMARTS) is 1. The van der Waals surface area contributed by atoms with Crippen LogP contribution in [0.3, 0.4) is 0 Å². The van der Waals surface area contributed by atoms with E-state index in [1.165, 1.54) is 0 Å². The lowest BCUT2D eigenvalue weighted by molar-refractivity contribution is -0.177. The predicted octanol–water partition coefficient (Wildman–Crippen LogP) is 5.26. The van der Waals surface area contributed by atoms with Gasteiger partial charge in [-0.3, -0.25) is 4.79 Å². The summed E-state index contributed by atoms with van der Waals surface area (Å²) in [6, 6.07) is 12.5. The first-order valence-corrected chi connectivity index (χ1v) is 14.3. The number of hydrogen-bond acceptors (Lipinski definition) is 5. The van der Waals surface area contributed by atoms with E-state index in [-0.39, 0.29) is 12.3 Å². The highest BCUT2D eigenvalue weighted by atomic mass is 35.5. The molecule has 0 aliphatic carbocycles. The Hall–Kier alpha value is -2.33. The van der Waals surface area contributed by atoms with Gasteiger partial charge in [0.05, 0.1) is 23.1 Å². The highest BCUT2D eigenvalue weighted by Gasteiger charge is 2.48. The summed E-state index contributed by atoms with van der Waals surface area (Å²) in [5, 5.41) is 12.4. The molecule has 2 amide bonds. The quantitative estimate of drug-likeness (QED) is 0.447. The zero-order chi connectivity index (χ0) is 27.5. The van der Waals surface area contributed by atoms with Crippen LogP contribution in [0.25, 0.3) is 0 Å². The Bertz CT molecular complexity index is 1230. The first kappa shape index (κ1) is 29.2. The van der Waals surface area contributed by atoms with E-state index in [0.29, 0.717) is 27.6 Å². The Morgan fingerprint density at radius 2 is 1.76 bits per heavy atom. The largest absolute Gasteiger partial charge is 0.465 e. The van der Waals surface area contributed by atoms with Crippen LogP contribution in [0, 0.1) is 0 Å². The molecule has 37 heavy (non-hydrogen) atoms. The van der Waals surface area contributed by atoms with Crippen LogP contribution in [-0.2, 0) is 19.4 Å². The van der Waals surface area contributed by atoms with Crippen molar-refractivity contribution in [2.45, 2.75) is 63.2 Å². The molecule has 0 radical (unpaired) electrons. The van der Waals surface area contributed by atoms with E-state index < -0.39 is 50.9 Å². The number of nitrogens with zero attached hydrogens (tertiary/aromatic N) is 1. The Morgan fingerprint density at radius 3 is 2.30 bits per heavy atom. The summed E-state index contributed by atoms with van der Waals surface area (Å²) in [5.74, 6) is -0.757. The average Bonchev–Trinajstić information content (AvgIpc) is 2.81. The minimum absolute atomic E-state index is 0.260. The number of ether oxygens (including phenoxy) is 1. The third-order valence-electron chi connectivity index (χ3n) is 6.46. The molecule has 0 aromatic heterocycles. The summed E-state index contributed by atoms with van der Waals surface area (Å²) >= 11 is 12.4. The molecule has 1 fully saturated rings. The van der Waals surface area contributed by atoms with Crippen LogP contribution >= 0.6 is 23.2 Å². The molecule has 11 heteroatoms. The van der Waals surface area contributed by atoms with Gasteiger partial charge in [0.25, 0.3) is 5.91 Å². The lowest BCUT2D eigenvalue weighted by atomic mass is 9.90. The van der Waals surface area contributed by atoms with E-state index in [4.69, 9.17) is 33.0 Å². The van der Waals surface area contributed by atoms with Crippen LogP contribution in [0.15, 0.2) is 48.5 Å². The summed E-state index contributed by atoms with van der Waals surface area (Å²) < 4.78 is 31.7. The number of rotatable bonds is 8. The highest BCUT2D eigenvalue weighted by Crippen LogP contribution is 2.44. The van der Waals surface area contributed by atoms with Gasteiger partial charge in [0, 0.05) is 16.1 Å². The molecule has 0 unspecified atom stereocenters. The molecule has 2 aromatic rings. The minimum atomic E-state index is -3.61. The molecule has 1 saturated heterocycles. The zero-order valence-corrected chi connectivity index (χ0v) is 23.5. The van der Waals surface area contributed by atoms with Crippen molar-refractivity contribution in [3.8, 4) is 0 Å². The second-order valence-corrected chi connectivity index (χ2v) is 13.6. The number of carbonyl (C=O) groups is 2. The molecule has 1 aliphatic rings. The topological polar surface area (TPSA) is 113 Å². The molecule has 1 aliphatic heterocycles. The normalized spacial score (nSPS) is 21.5. The number of hydrogen-bond donors (Lipinski definition) is 2. The van der Waals surface area contributed by atoms with Crippen molar-refractivity contribution in [2.75, 3.05) is 12.3 Å². The molecule has 0 saturated carbocycles. The molecule has 4 atom stereocenters. The van der Waals surface area contributed by atoms with Crippen molar-refractivity contribution in [3.05, 3.63) is 69.7 Å². The van der Waals surface area contributed by atoms with Crippen LogP contribution in [-0.4, -0.2) is 59.6 Å². The van der Waals surface area contributed by atoms with E-state index in [1.54, 1.807) is 68.1 Å². The Kier molecular flexibility index (Phi) is 9.16. The van der Waals surface area contributed by atoms with Crippen LogP contribution in [0.1, 0.15) is 57.4 Å². The number of morpholine rings is 1. The van der Waals surface area contributed by atoms with Crippen LogP contribution in [0.2, 0.25) is 10.0 Å². The summed E-state index contributed by atoms with van der Waals surface area (Å²) in [4.78, 5) is 26.7. The van der Waals surface area contributed by atoms with E-state index in [9.17, 15) is 18.0 Å². The molecule has 2 N–H and O–H groups in total. The van der Waals surface area contributed by atoms with Crippen molar-refractivity contribution in [3.63, 3.8) is 0 Å². The van der Waals surface area contributed by atoms with Crippen LogP contribution in [0.5, 0.6) is 0 Å². The number of benzene rings is 2. The van der Waals surface area contributed by atoms with E-state index in [0.717, 1.165) is 0 Å². The van der Waals surface area contributed by atoms with Gasteiger partial charge in [-0.05, 0) is 62.6 Å². The second kappa shape index (κ2) is 11.6. The predicted molar refractivity (Wildman–Crippen MR) is 144 cm³/mol. The zero-order valence-electron chi connectivity index (χ0n) is 21.1. The molecule has 0 spiro atoms. The number of nitrogens with one attached hydrogen (secondary N) is 1. The fraction of sp³-hybridized carbons (Fsp3) is 0.462. The molecule has 0 bridgehead atoms. The smallest absolute Gasteiger partial charge is 0.404 e.